The molecular formula is C12H23N4O2. The van der Waals surface area contributed by atoms with Gasteiger partial charge in [-0.05, 0) is 32.9 Å². The fourth-order valence-electron chi connectivity index (χ4n) is 1.90. The molecule has 6 nitrogen and oxygen atoms in total. The summed E-state index contributed by atoms with van der Waals surface area (Å²) in [7, 11) is 2.03. The number of hydrogen-bond donors (Lipinski definition) is 2. The molecule has 103 valence electrons. The summed E-state index contributed by atoms with van der Waals surface area (Å²) in [5.41, 5.74) is 5.39. The lowest BCUT2D eigenvalue weighted by molar-refractivity contribution is 0.153. The van der Waals surface area contributed by atoms with Crippen LogP contribution in [-0.2, 0) is 4.79 Å². The van der Waals surface area contributed by atoms with Crippen LogP contribution < -0.4 is 11.1 Å². The molecule has 0 aromatic rings. The number of piperazine rings is 1. The second-order valence-electron chi connectivity index (χ2n) is 4.69. The maximum Gasteiger partial charge on any atom is 0.318 e. The summed E-state index contributed by atoms with van der Waals surface area (Å²) >= 11 is 0. The number of nitrogens with zero attached hydrogens (tertiary/aromatic N) is 2. The Bertz CT molecular complexity index is 265. The number of amides is 2. The SMILES string of the molecule is CN1CCN(C(=O)N[C@H]([C]=O)CCCCN)CC1. The van der Waals surface area contributed by atoms with Crippen molar-refractivity contribution in [2.75, 3.05) is 39.8 Å². The molecule has 0 aromatic carbocycles. The normalized spacial score (nSPS) is 18.4. The van der Waals surface area contributed by atoms with Gasteiger partial charge in [-0.1, -0.05) is 0 Å². The van der Waals surface area contributed by atoms with Gasteiger partial charge in [0.25, 0.3) is 0 Å². The highest BCUT2D eigenvalue weighted by Gasteiger charge is 2.21. The lowest BCUT2D eigenvalue weighted by Gasteiger charge is -2.33. The molecule has 0 spiro atoms. The molecule has 3 N–H and O–H groups in total. The van der Waals surface area contributed by atoms with Crippen molar-refractivity contribution < 1.29 is 9.59 Å². The van der Waals surface area contributed by atoms with Crippen LogP contribution in [0.4, 0.5) is 4.79 Å². The molecule has 0 aromatic heterocycles. The van der Waals surface area contributed by atoms with Gasteiger partial charge in [-0.25, -0.2) is 4.79 Å². The zero-order valence-corrected chi connectivity index (χ0v) is 11.0. The Morgan fingerprint density at radius 3 is 2.56 bits per heavy atom. The van der Waals surface area contributed by atoms with Crippen molar-refractivity contribution in [1.29, 1.82) is 0 Å². The third-order valence-corrected chi connectivity index (χ3v) is 3.18. The van der Waals surface area contributed by atoms with Crippen LogP contribution in [0, 0.1) is 0 Å². The highest BCUT2D eigenvalue weighted by atomic mass is 16.2. The van der Waals surface area contributed by atoms with Crippen LogP contribution in [0.15, 0.2) is 0 Å². The Morgan fingerprint density at radius 1 is 1.33 bits per heavy atom. The summed E-state index contributed by atoms with van der Waals surface area (Å²) in [6, 6.07) is -0.673. The molecule has 18 heavy (non-hydrogen) atoms. The van der Waals surface area contributed by atoms with Crippen LogP contribution in [0.3, 0.4) is 0 Å². The van der Waals surface area contributed by atoms with E-state index in [1.54, 1.807) is 4.90 Å². The molecule has 0 bridgehead atoms. The maximum absolute atomic E-state index is 11.9. The van der Waals surface area contributed by atoms with E-state index in [9.17, 15) is 9.59 Å². The number of carbonyl (C=O) groups excluding carboxylic acids is 2. The number of nitrogens with two attached hydrogens (primary N) is 1. The van der Waals surface area contributed by atoms with Gasteiger partial charge in [-0.15, -0.1) is 0 Å². The van der Waals surface area contributed by atoms with E-state index in [1.165, 1.54) is 0 Å². The monoisotopic (exact) mass is 255 g/mol. The first-order valence-electron chi connectivity index (χ1n) is 6.49. The van der Waals surface area contributed by atoms with E-state index in [1.807, 2.05) is 13.3 Å². The van der Waals surface area contributed by atoms with Gasteiger partial charge < -0.3 is 20.9 Å². The zero-order chi connectivity index (χ0) is 13.4. The summed E-state index contributed by atoms with van der Waals surface area (Å²) in [4.78, 5) is 26.6. The van der Waals surface area contributed by atoms with E-state index in [4.69, 9.17) is 5.73 Å². The standard InChI is InChI=1S/C12H23N4O2/c1-15-6-8-16(9-7-15)12(18)14-11(10-17)4-2-3-5-13/h11H,2-9,13H2,1H3,(H,14,18)/t11-/m0/s1. The average molecular weight is 255 g/mol. The first-order chi connectivity index (χ1) is 8.67. The average Bonchev–Trinajstić information content (AvgIpc) is 2.38. The van der Waals surface area contributed by atoms with Crippen LogP contribution >= 0.6 is 0 Å². The Morgan fingerprint density at radius 2 is 2.00 bits per heavy atom. The molecular weight excluding hydrogens is 232 g/mol. The summed E-state index contributed by atoms with van der Waals surface area (Å²) < 4.78 is 0. The fraction of sp³-hybridized carbons (Fsp3) is 0.833. The lowest BCUT2D eigenvalue weighted by atomic mass is 10.1. The van der Waals surface area contributed by atoms with Crippen molar-refractivity contribution in [1.82, 2.24) is 15.1 Å². The van der Waals surface area contributed by atoms with Crippen molar-refractivity contribution in [2.45, 2.75) is 25.3 Å². The van der Waals surface area contributed by atoms with Crippen molar-refractivity contribution in [3.05, 3.63) is 0 Å². The Labute approximate surface area is 108 Å². The van der Waals surface area contributed by atoms with E-state index < -0.39 is 6.04 Å². The van der Waals surface area contributed by atoms with Crippen LogP contribution in [0.5, 0.6) is 0 Å². The molecule has 1 rings (SSSR count). The molecule has 1 fully saturated rings. The van der Waals surface area contributed by atoms with Gasteiger partial charge in [-0.3, -0.25) is 4.79 Å². The molecule has 1 atom stereocenters. The maximum atomic E-state index is 11.9. The topological polar surface area (TPSA) is 78.7 Å². The number of nitrogens with one attached hydrogen (secondary N) is 1. The van der Waals surface area contributed by atoms with Gasteiger partial charge in [0.05, 0.1) is 6.04 Å². The molecule has 0 unspecified atom stereocenters. The van der Waals surface area contributed by atoms with Gasteiger partial charge in [0.15, 0.2) is 0 Å². The Hall–Kier alpha value is -1.14. The van der Waals surface area contributed by atoms with Gasteiger partial charge in [0.2, 0.25) is 6.29 Å². The van der Waals surface area contributed by atoms with E-state index in [0.717, 1.165) is 25.9 Å². The number of hydrogen-bond acceptors (Lipinski definition) is 4. The zero-order valence-electron chi connectivity index (χ0n) is 11.0. The molecule has 1 radical (unpaired) electrons. The number of likely N-dealkylation sites (N-methyl/N-ethyl adjacent to an activating group) is 1. The molecule has 1 saturated heterocycles. The number of carbonyl (C=O) groups is 1. The smallest absolute Gasteiger partial charge is 0.318 e. The Kier molecular flexibility index (Phi) is 6.67. The van der Waals surface area contributed by atoms with Gasteiger partial charge in [-0.2, -0.15) is 0 Å². The quantitative estimate of drug-likeness (QED) is 0.630. The fourth-order valence-corrected chi connectivity index (χ4v) is 1.90. The van der Waals surface area contributed by atoms with Crippen LogP contribution in [0.1, 0.15) is 19.3 Å². The van der Waals surface area contributed by atoms with Crippen molar-refractivity contribution >= 4 is 12.3 Å². The second-order valence-corrected chi connectivity index (χ2v) is 4.69. The summed E-state index contributed by atoms with van der Waals surface area (Å²) in [6.45, 7) is 3.76. The lowest BCUT2D eigenvalue weighted by Crippen LogP contribution is -2.52. The van der Waals surface area contributed by atoms with Crippen molar-refractivity contribution in [2.24, 2.45) is 5.73 Å². The summed E-state index contributed by atoms with van der Waals surface area (Å²) in [5.74, 6) is 0. The van der Waals surface area contributed by atoms with Crippen LogP contribution in [-0.4, -0.2) is 67.9 Å². The molecule has 1 aliphatic rings. The minimum atomic E-state index is -0.510. The first kappa shape index (κ1) is 14.9. The number of rotatable bonds is 6. The molecule has 2 amide bonds. The molecule has 0 saturated carbocycles. The van der Waals surface area contributed by atoms with Crippen molar-refractivity contribution in [3.63, 3.8) is 0 Å². The first-order valence-corrected chi connectivity index (χ1v) is 6.49. The molecule has 6 heteroatoms. The summed E-state index contributed by atoms with van der Waals surface area (Å²) in [5, 5.41) is 2.71. The number of urea groups is 1. The molecule has 1 heterocycles. The van der Waals surface area contributed by atoms with Gasteiger partial charge in [0, 0.05) is 26.2 Å². The second kappa shape index (κ2) is 8.05. The molecule has 0 aliphatic carbocycles. The predicted molar refractivity (Wildman–Crippen MR) is 70.0 cm³/mol. The summed E-state index contributed by atoms with van der Waals surface area (Å²) in [6.07, 6.45) is 4.19. The predicted octanol–water partition coefficient (Wildman–Crippen LogP) is -0.449. The highest BCUT2D eigenvalue weighted by molar-refractivity contribution is 5.78. The number of unbranched alkanes of at least 4 members (excludes halogenated alkanes) is 1. The third-order valence-electron chi connectivity index (χ3n) is 3.18. The molecule has 1 aliphatic heterocycles. The minimum Gasteiger partial charge on any atom is -0.330 e. The van der Waals surface area contributed by atoms with E-state index in [-0.39, 0.29) is 6.03 Å². The van der Waals surface area contributed by atoms with E-state index >= 15 is 0 Å². The largest absolute Gasteiger partial charge is 0.330 e. The van der Waals surface area contributed by atoms with Gasteiger partial charge in [0.1, 0.15) is 0 Å². The van der Waals surface area contributed by atoms with Crippen LogP contribution in [0.2, 0.25) is 0 Å². The minimum absolute atomic E-state index is 0.163. The van der Waals surface area contributed by atoms with Gasteiger partial charge >= 0.3 is 6.03 Å². The Balaban J connectivity index is 2.30. The third kappa shape index (κ3) is 5.01. The van der Waals surface area contributed by atoms with E-state index in [2.05, 4.69) is 10.2 Å². The highest BCUT2D eigenvalue weighted by Crippen LogP contribution is 2.02. The van der Waals surface area contributed by atoms with Crippen LogP contribution in [0.25, 0.3) is 0 Å². The van der Waals surface area contributed by atoms with E-state index in [0.29, 0.717) is 26.1 Å². The van der Waals surface area contributed by atoms with Crippen molar-refractivity contribution in [3.8, 4) is 0 Å².